The van der Waals surface area contributed by atoms with Crippen LogP contribution >= 0.6 is 34.2 Å². The van der Waals surface area contributed by atoms with Crippen molar-refractivity contribution in [3.63, 3.8) is 0 Å². The molecule has 0 nitrogen and oxygen atoms in total. The summed E-state index contributed by atoms with van der Waals surface area (Å²) in [6.07, 6.45) is 6.87. The van der Waals surface area contributed by atoms with Crippen LogP contribution in [0.3, 0.4) is 0 Å². The number of halogens is 2. The van der Waals surface area contributed by atoms with E-state index < -0.39 is 0 Å². The molecule has 3 atom stereocenters. The predicted molar refractivity (Wildman–Crippen MR) is 81.5 cm³/mol. The second kappa shape index (κ2) is 4.73. The molecule has 2 aliphatic rings. The van der Waals surface area contributed by atoms with E-state index in [1.807, 2.05) is 0 Å². The molecule has 92 valence electrons. The summed E-state index contributed by atoms with van der Waals surface area (Å²) in [6, 6.07) is 8.99. The lowest BCUT2D eigenvalue weighted by Crippen LogP contribution is -2.32. The molecule has 0 aliphatic heterocycles. The van der Waals surface area contributed by atoms with Crippen LogP contribution in [0.5, 0.6) is 0 Å². The summed E-state index contributed by atoms with van der Waals surface area (Å²) >= 11 is 8.70. The zero-order valence-corrected chi connectivity index (χ0v) is 12.9. The highest BCUT2D eigenvalue weighted by Crippen LogP contribution is 2.57. The van der Waals surface area contributed by atoms with Gasteiger partial charge in [0.05, 0.1) is 0 Å². The van der Waals surface area contributed by atoms with Gasteiger partial charge in [-0.2, -0.15) is 0 Å². The molecule has 1 aromatic carbocycles. The summed E-state index contributed by atoms with van der Waals surface area (Å²) in [6.45, 7) is 0. The first-order valence-corrected chi connectivity index (χ1v) is 8.14. The fraction of sp³-hybridized carbons (Fsp3) is 0.600. The Morgan fingerprint density at radius 1 is 1.24 bits per heavy atom. The summed E-state index contributed by atoms with van der Waals surface area (Å²) in [5.74, 6) is 2.71. The van der Waals surface area contributed by atoms with Crippen molar-refractivity contribution < 1.29 is 0 Å². The first kappa shape index (κ1) is 12.3. The number of hydrogen-bond donors (Lipinski definition) is 0. The summed E-state index contributed by atoms with van der Waals surface area (Å²) in [5, 5.41) is 0. The predicted octanol–water partition coefficient (Wildman–Crippen LogP) is 4.88. The molecule has 0 heterocycles. The lowest BCUT2D eigenvalue weighted by molar-refractivity contribution is 0.193. The van der Waals surface area contributed by atoms with Crippen LogP contribution in [0.2, 0.25) is 0 Å². The maximum absolute atomic E-state index is 6.34. The van der Waals surface area contributed by atoms with Gasteiger partial charge < -0.3 is 0 Å². The fourth-order valence-electron chi connectivity index (χ4n) is 3.99. The highest BCUT2D eigenvalue weighted by Gasteiger charge is 2.49. The monoisotopic (exact) mass is 360 g/mol. The minimum absolute atomic E-state index is 0.414. The zero-order valence-electron chi connectivity index (χ0n) is 9.96. The zero-order chi connectivity index (χ0) is 11.9. The van der Waals surface area contributed by atoms with Gasteiger partial charge in [-0.05, 0) is 83.2 Å². The van der Waals surface area contributed by atoms with Crippen molar-refractivity contribution >= 4 is 34.2 Å². The third-order valence-electron chi connectivity index (χ3n) is 4.84. The fourth-order valence-corrected chi connectivity index (χ4v) is 4.78. The molecule has 2 fully saturated rings. The Labute approximate surface area is 122 Å². The minimum Gasteiger partial charge on any atom is -0.126 e. The van der Waals surface area contributed by atoms with Crippen LogP contribution in [0.25, 0.3) is 0 Å². The number of benzene rings is 1. The quantitative estimate of drug-likeness (QED) is 0.532. The van der Waals surface area contributed by atoms with Gasteiger partial charge in [0.15, 0.2) is 0 Å². The van der Waals surface area contributed by atoms with E-state index in [2.05, 4.69) is 46.9 Å². The Morgan fingerprint density at radius 3 is 2.53 bits per heavy atom. The van der Waals surface area contributed by atoms with Crippen molar-refractivity contribution in [3.05, 3.63) is 33.4 Å². The van der Waals surface area contributed by atoms with E-state index in [4.69, 9.17) is 11.6 Å². The summed E-state index contributed by atoms with van der Waals surface area (Å²) in [7, 11) is 0. The average molecular weight is 361 g/mol. The van der Waals surface area contributed by atoms with Gasteiger partial charge in [-0.3, -0.25) is 0 Å². The molecule has 0 N–H and O–H groups in total. The molecule has 1 aromatic rings. The van der Waals surface area contributed by atoms with Gasteiger partial charge in [-0.1, -0.05) is 18.6 Å². The van der Waals surface area contributed by atoms with Gasteiger partial charge in [-0.15, -0.1) is 11.6 Å². The molecule has 0 saturated heterocycles. The summed E-state index contributed by atoms with van der Waals surface area (Å²) in [5.41, 5.74) is 1.88. The van der Waals surface area contributed by atoms with Crippen LogP contribution in [0.4, 0.5) is 0 Å². The third-order valence-corrected chi connectivity index (χ3v) is 6.09. The second-order valence-corrected chi connectivity index (χ2v) is 7.39. The minimum atomic E-state index is 0.414. The Balaban J connectivity index is 1.80. The number of rotatable bonds is 3. The van der Waals surface area contributed by atoms with Crippen molar-refractivity contribution in [2.75, 3.05) is 5.88 Å². The van der Waals surface area contributed by atoms with Gasteiger partial charge in [0.2, 0.25) is 0 Å². The average Bonchev–Trinajstić information content (AvgIpc) is 2.93. The highest BCUT2D eigenvalue weighted by atomic mass is 127. The molecule has 3 rings (SSSR count). The van der Waals surface area contributed by atoms with Gasteiger partial charge in [-0.25, -0.2) is 0 Å². The van der Waals surface area contributed by atoms with Gasteiger partial charge in [0, 0.05) is 9.45 Å². The van der Waals surface area contributed by atoms with Gasteiger partial charge in [0.1, 0.15) is 0 Å². The molecule has 2 heteroatoms. The van der Waals surface area contributed by atoms with Crippen molar-refractivity contribution in [3.8, 4) is 0 Å². The van der Waals surface area contributed by atoms with Crippen LogP contribution in [0.15, 0.2) is 24.3 Å². The lowest BCUT2D eigenvalue weighted by Gasteiger charge is -2.36. The molecule has 0 spiro atoms. The Bertz CT molecular complexity index is 400. The maximum Gasteiger partial charge on any atom is 0.0285 e. The van der Waals surface area contributed by atoms with Crippen molar-refractivity contribution in [2.24, 2.45) is 17.3 Å². The lowest BCUT2D eigenvalue weighted by atomic mass is 9.71. The van der Waals surface area contributed by atoms with E-state index in [9.17, 15) is 0 Å². The molecule has 0 amide bonds. The van der Waals surface area contributed by atoms with E-state index in [1.54, 1.807) is 0 Å². The van der Waals surface area contributed by atoms with Crippen LogP contribution in [-0.4, -0.2) is 5.88 Å². The van der Waals surface area contributed by atoms with Crippen molar-refractivity contribution in [1.82, 2.24) is 0 Å². The Kier molecular flexibility index (Phi) is 3.42. The topological polar surface area (TPSA) is 0 Å². The molecule has 17 heavy (non-hydrogen) atoms. The normalized spacial score (nSPS) is 35.4. The van der Waals surface area contributed by atoms with Crippen LogP contribution < -0.4 is 0 Å². The van der Waals surface area contributed by atoms with Gasteiger partial charge in [0.25, 0.3) is 0 Å². The standard InChI is InChI=1S/C15H18ClI/c16-10-15(9-12-1-4-13(15)7-12)8-11-2-5-14(17)6-3-11/h2-3,5-6,12-13H,1,4,7-10H2. The van der Waals surface area contributed by atoms with E-state index in [0.717, 1.165) is 17.7 Å². The maximum atomic E-state index is 6.34. The molecule has 3 unspecified atom stereocenters. The van der Waals surface area contributed by atoms with Crippen molar-refractivity contribution in [1.29, 1.82) is 0 Å². The van der Waals surface area contributed by atoms with Crippen LogP contribution in [0, 0.1) is 20.8 Å². The summed E-state index contributed by atoms with van der Waals surface area (Å²) < 4.78 is 1.32. The van der Waals surface area contributed by atoms with E-state index >= 15 is 0 Å². The smallest absolute Gasteiger partial charge is 0.0285 e. The molecular formula is C15H18ClI. The molecule has 2 saturated carbocycles. The molecule has 0 radical (unpaired) electrons. The third kappa shape index (κ3) is 2.25. The molecule has 0 aromatic heterocycles. The molecule has 2 aliphatic carbocycles. The van der Waals surface area contributed by atoms with Gasteiger partial charge >= 0.3 is 0 Å². The molecular weight excluding hydrogens is 343 g/mol. The molecule has 2 bridgehead atoms. The SMILES string of the molecule is ClCC1(Cc2ccc(I)cc2)CC2CCC1C2. The Hall–Kier alpha value is 0.240. The largest absolute Gasteiger partial charge is 0.126 e. The van der Waals surface area contributed by atoms with E-state index in [1.165, 1.54) is 41.2 Å². The number of fused-ring (bicyclic) bond motifs is 2. The van der Waals surface area contributed by atoms with E-state index in [-0.39, 0.29) is 0 Å². The first-order valence-electron chi connectivity index (χ1n) is 6.52. The first-order chi connectivity index (χ1) is 8.22. The highest BCUT2D eigenvalue weighted by molar-refractivity contribution is 14.1. The van der Waals surface area contributed by atoms with Crippen molar-refractivity contribution in [2.45, 2.75) is 32.1 Å². The number of hydrogen-bond acceptors (Lipinski definition) is 0. The number of alkyl halides is 1. The van der Waals surface area contributed by atoms with E-state index in [0.29, 0.717) is 5.41 Å². The van der Waals surface area contributed by atoms with Crippen LogP contribution in [-0.2, 0) is 6.42 Å². The van der Waals surface area contributed by atoms with Crippen LogP contribution in [0.1, 0.15) is 31.2 Å². The Morgan fingerprint density at radius 2 is 2.00 bits per heavy atom. The second-order valence-electron chi connectivity index (χ2n) is 5.88. The summed E-state index contributed by atoms with van der Waals surface area (Å²) in [4.78, 5) is 0.